The number of ether oxygens (including phenoxy) is 1. The number of pyridine rings is 1. The van der Waals surface area contributed by atoms with Gasteiger partial charge in [-0.1, -0.05) is 18.2 Å². The van der Waals surface area contributed by atoms with Crippen molar-refractivity contribution in [1.29, 1.82) is 0 Å². The number of benzene rings is 2. The van der Waals surface area contributed by atoms with E-state index in [2.05, 4.69) is 25.0 Å². The molecule has 9 nitrogen and oxygen atoms in total. The molecule has 2 heterocycles. The Hall–Kier alpha value is -4.09. The first-order valence-corrected chi connectivity index (χ1v) is 14.1. The largest absolute Gasteiger partial charge is 0.453 e. The van der Waals surface area contributed by atoms with Gasteiger partial charge in [0, 0.05) is 36.7 Å². The third-order valence-corrected chi connectivity index (χ3v) is 8.15. The van der Waals surface area contributed by atoms with Crippen molar-refractivity contribution < 1.29 is 17.5 Å². The van der Waals surface area contributed by atoms with E-state index in [-0.39, 0.29) is 28.4 Å². The lowest BCUT2D eigenvalue weighted by molar-refractivity contribution is 0.410. The number of sulfonamides is 1. The van der Waals surface area contributed by atoms with Gasteiger partial charge in [0.25, 0.3) is 10.0 Å². The smallest absolute Gasteiger partial charge is 0.262 e. The van der Waals surface area contributed by atoms with Crippen LogP contribution in [0.1, 0.15) is 31.2 Å². The average molecular weight is 549 g/mol. The molecular formula is C28H29FN6O3S. The summed E-state index contributed by atoms with van der Waals surface area (Å²) in [6.07, 6.45) is 8.58. The molecule has 0 bridgehead atoms. The maximum absolute atomic E-state index is 15.1. The van der Waals surface area contributed by atoms with Crippen LogP contribution in [-0.2, 0) is 10.0 Å². The van der Waals surface area contributed by atoms with Crippen molar-refractivity contribution in [2.45, 2.75) is 49.6 Å². The molecule has 4 aromatic rings. The van der Waals surface area contributed by atoms with Gasteiger partial charge in [0.2, 0.25) is 5.95 Å². The van der Waals surface area contributed by atoms with E-state index in [1.54, 1.807) is 49.6 Å². The second kappa shape index (κ2) is 11.3. The summed E-state index contributed by atoms with van der Waals surface area (Å²) in [7, 11) is -3.89. The zero-order valence-corrected chi connectivity index (χ0v) is 22.2. The molecule has 0 spiro atoms. The highest BCUT2D eigenvalue weighted by Crippen LogP contribution is 2.34. The molecule has 202 valence electrons. The third kappa shape index (κ3) is 6.32. The van der Waals surface area contributed by atoms with Crippen LogP contribution >= 0.6 is 0 Å². The Morgan fingerprint density at radius 2 is 1.79 bits per heavy atom. The van der Waals surface area contributed by atoms with Gasteiger partial charge < -0.3 is 15.8 Å². The standard InChI is InChI=1S/C28H29FN6O3S/c1-18-4-2-3-5-27(18)39(36,37)35-21-10-11-26(23(29)16-21)38-25-13-14-31-17-22(25)24-12-15-32-28(34-24)33-20-8-6-19(30)7-9-20/h2-5,10-17,19-20,35H,6-9,30H2,1H3,(H,32,33,34). The number of hydrogen-bond donors (Lipinski definition) is 3. The van der Waals surface area contributed by atoms with Crippen LogP contribution in [0.15, 0.2) is 78.1 Å². The molecule has 0 amide bonds. The van der Waals surface area contributed by atoms with E-state index in [0.29, 0.717) is 28.5 Å². The number of rotatable bonds is 8. The fourth-order valence-corrected chi connectivity index (χ4v) is 5.82. The van der Waals surface area contributed by atoms with Gasteiger partial charge in [0.1, 0.15) is 5.75 Å². The SMILES string of the molecule is Cc1ccccc1S(=O)(=O)Nc1ccc(Oc2ccncc2-c2ccnc(NC3CCC(N)CC3)n2)c(F)c1. The molecule has 1 aliphatic carbocycles. The Kier molecular flexibility index (Phi) is 7.71. The molecule has 39 heavy (non-hydrogen) atoms. The minimum atomic E-state index is -3.89. The molecular weight excluding hydrogens is 519 g/mol. The zero-order chi connectivity index (χ0) is 27.4. The Morgan fingerprint density at radius 1 is 1.00 bits per heavy atom. The fourth-order valence-electron chi connectivity index (χ4n) is 4.52. The van der Waals surface area contributed by atoms with E-state index in [0.717, 1.165) is 31.7 Å². The van der Waals surface area contributed by atoms with Gasteiger partial charge >= 0.3 is 0 Å². The summed E-state index contributed by atoms with van der Waals surface area (Å²) in [6.45, 7) is 1.70. The number of aromatic nitrogens is 3. The summed E-state index contributed by atoms with van der Waals surface area (Å²) < 4.78 is 48.9. The number of nitrogens with zero attached hydrogens (tertiary/aromatic N) is 3. The normalized spacial score (nSPS) is 17.4. The van der Waals surface area contributed by atoms with Crippen molar-refractivity contribution in [1.82, 2.24) is 15.0 Å². The van der Waals surface area contributed by atoms with Crippen molar-refractivity contribution in [2.75, 3.05) is 10.0 Å². The quantitative estimate of drug-likeness (QED) is 0.272. The van der Waals surface area contributed by atoms with E-state index in [1.807, 2.05) is 0 Å². The molecule has 0 radical (unpaired) electrons. The molecule has 2 aromatic carbocycles. The molecule has 11 heteroatoms. The molecule has 1 saturated carbocycles. The highest BCUT2D eigenvalue weighted by molar-refractivity contribution is 7.92. The summed E-state index contributed by atoms with van der Waals surface area (Å²) in [5, 5.41) is 3.37. The first-order valence-electron chi connectivity index (χ1n) is 12.6. The van der Waals surface area contributed by atoms with Crippen molar-refractivity contribution >= 4 is 21.7 Å². The van der Waals surface area contributed by atoms with Gasteiger partial charge in [-0.2, -0.15) is 0 Å². The van der Waals surface area contributed by atoms with Crippen LogP contribution in [0.3, 0.4) is 0 Å². The predicted octanol–water partition coefficient (Wildman–Crippen LogP) is 5.26. The number of halogens is 1. The van der Waals surface area contributed by atoms with Gasteiger partial charge in [-0.3, -0.25) is 9.71 Å². The molecule has 0 saturated heterocycles. The summed E-state index contributed by atoms with van der Waals surface area (Å²) >= 11 is 0. The van der Waals surface area contributed by atoms with Crippen LogP contribution in [0.2, 0.25) is 0 Å². The maximum Gasteiger partial charge on any atom is 0.262 e. The monoisotopic (exact) mass is 548 g/mol. The second-order valence-electron chi connectivity index (χ2n) is 9.51. The average Bonchev–Trinajstić information content (AvgIpc) is 2.92. The number of anilines is 2. The van der Waals surface area contributed by atoms with E-state index in [9.17, 15) is 8.42 Å². The first-order chi connectivity index (χ1) is 18.8. The van der Waals surface area contributed by atoms with Crippen molar-refractivity contribution in [3.8, 4) is 22.8 Å². The Labute approximate surface area is 226 Å². The lowest BCUT2D eigenvalue weighted by atomic mass is 9.92. The molecule has 0 unspecified atom stereocenters. The van der Waals surface area contributed by atoms with Crippen LogP contribution in [0, 0.1) is 12.7 Å². The molecule has 0 aliphatic heterocycles. The lowest BCUT2D eigenvalue weighted by Crippen LogP contribution is -2.33. The summed E-state index contributed by atoms with van der Waals surface area (Å²) in [5.41, 5.74) is 7.79. The Bertz CT molecular complexity index is 1580. The molecule has 0 atom stereocenters. The van der Waals surface area contributed by atoms with Crippen molar-refractivity contribution in [3.05, 3.63) is 84.6 Å². The Balaban J connectivity index is 1.34. The van der Waals surface area contributed by atoms with Crippen LogP contribution < -0.4 is 20.5 Å². The minimum Gasteiger partial charge on any atom is -0.453 e. The highest BCUT2D eigenvalue weighted by atomic mass is 32.2. The molecule has 1 fully saturated rings. The van der Waals surface area contributed by atoms with E-state index >= 15 is 4.39 Å². The minimum absolute atomic E-state index is 0.0766. The lowest BCUT2D eigenvalue weighted by Gasteiger charge is -2.26. The third-order valence-electron chi connectivity index (χ3n) is 6.60. The first kappa shape index (κ1) is 26.5. The predicted molar refractivity (Wildman–Crippen MR) is 148 cm³/mol. The molecule has 5 rings (SSSR count). The molecule has 2 aromatic heterocycles. The van der Waals surface area contributed by atoms with Gasteiger partial charge in [0.05, 0.1) is 21.8 Å². The van der Waals surface area contributed by atoms with Crippen molar-refractivity contribution in [3.63, 3.8) is 0 Å². The van der Waals surface area contributed by atoms with E-state index in [1.165, 1.54) is 24.4 Å². The van der Waals surface area contributed by atoms with Gasteiger partial charge in [0.15, 0.2) is 11.6 Å². The van der Waals surface area contributed by atoms with Gasteiger partial charge in [-0.15, -0.1) is 0 Å². The second-order valence-corrected chi connectivity index (χ2v) is 11.2. The molecule has 1 aliphatic rings. The highest BCUT2D eigenvalue weighted by Gasteiger charge is 2.20. The summed E-state index contributed by atoms with van der Waals surface area (Å²) in [6, 6.07) is 14.3. The van der Waals surface area contributed by atoms with E-state index < -0.39 is 15.8 Å². The van der Waals surface area contributed by atoms with Crippen LogP contribution in [0.5, 0.6) is 11.5 Å². The number of aryl methyl sites for hydroxylation is 1. The van der Waals surface area contributed by atoms with Crippen LogP contribution in [0.4, 0.5) is 16.0 Å². The van der Waals surface area contributed by atoms with Gasteiger partial charge in [-0.25, -0.2) is 22.8 Å². The summed E-state index contributed by atoms with van der Waals surface area (Å²) in [4.78, 5) is 13.3. The van der Waals surface area contributed by atoms with Crippen molar-refractivity contribution in [2.24, 2.45) is 5.73 Å². The van der Waals surface area contributed by atoms with Gasteiger partial charge in [-0.05, 0) is 68.5 Å². The topological polar surface area (TPSA) is 132 Å². The Morgan fingerprint density at radius 3 is 2.56 bits per heavy atom. The summed E-state index contributed by atoms with van der Waals surface area (Å²) in [5.74, 6) is 0.0141. The van der Waals surface area contributed by atoms with Crippen LogP contribution in [0.25, 0.3) is 11.3 Å². The van der Waals surface area contributed by atoms with Crippen LogP contribution in [-0.4, -0.2) is 35.5 Å². The number of nitrogens with one attached hydrogen (secondary N) is 2. The number of hydrogen-bond acceptors (Lipinski definition) is 8. The fraction of sp³-hybridized carbons (Fsp3) is 0.250. The molecule has 4 N–H and O–H groups in total. The maximum atomic E-state index is 15.1. The number of nitrogens with two attached hydrogens (primary N) is 1. The van der Waals surface area contributed by atoms with E-state index in [4.69, 9.17) is 10.5 Å². The zero-order valence-electron chi connectivity index (χ0n) is 21.3.